The van der Waals surface area contributed by atoms with E-state index in [2.05, 4.69) is 24.0 Å². The van der Waals surface area contributed by atoms with Crippen LogP contribution in [0.5, 0.6) is 0 Å². The monoisotopic (exact) mass is 235 g/mol. The molecule has 0 unspecified atom stereocenters. The van der Waals surface area contributed by atoms with Crippen LogP contribution in [0.3, 0.4) is 0 Å². The summed E-state index contributed by atoms with van der Waals surface area (Å²) in [4.78, 5) is 1.35. The molecule has 1 aromatic rings. The van der Waals surface area contributed by atoms with Gasteiger partial charge in [-0.1, -0.05) is 11.6 Å². The number of halogens is 1. The summed E-state index contributed by atoms with van der Waals surface area (Å²) in [5, 5.41) is 3.36. The van der Waals surface area contributed by atoms with E-state index < -0.39 is 0 Å². The van der Waals surface area contributed by atoms with Crippen molar-refractivity contribution >= 4 is 35.6 Å². The third-order valence-electron chi connectivity index (χ3n) is 1.69. The summed E-state index contributed by atoms with van der Waals surface area (Å²) in [6.45, 7) is 2.09. The van der Waals surface area contributed by atoms with E-state index >= 15 is 0 Å². The molecule has 74 valence electrons. The number of hydrogen-bond acceptors (Lipinski definition) is 3. The highest BCUT2D eigenvalue weighted by Crippen LogP contribution is 2.21. The minimum atomic E-state index is 0.880. The molecule has 1 N–H and O–H groups in total. The second-order valence-corrected chi connectivity index (χ2v) is 5.03. The van der Waals surface area contributed by atoms with Gasteiger partial charge in [0.05, 0.1) is 4.34 Å². The number of thiophene rings is 1. The van der Waals surface area contributed by atoms with Crippen LogP contribution in [-0.4, -0.2) is 18.8 Å². The lowest BCUT2D eigenvalue weighted by Crippen LogP contribution is -2.18. The Morgan fingerprint density at radius 3 is 2.85 bits per heavy atom. The fourth-order valence-corrected chi connectivity index (χ4v) is 2.27. The predicted molar refractivity (Wildman–Crippen MR) is 64.4 cm³/mol. The van der Waals surface area contributed by atoms with Crippen LogP contribution >= 0.6 is 35.6 Å². The first kappa shape index (κ1) is 11.4. The molecule has 13 heavy (non-hydrogen) atoms. The van der Waals surface area contributed by atoms with E-state index in [0.717, 1.165) is 36.0 Å². The lowest BCUT2D eigenvalue weighted by molar-refractivity contribution is 0.678. The summed E-state index contributed by atoms with van der Waals surface area (Å²) in [6.07, 6.45) is 2.21. The molecule has 0 spiro atoms. The molecule has 0 saturated carbocycles. The molecular formula is C9H14ClNS2. The molecule has 1 nitrogen and oxygen atoms in total. The summed E-state index contributed by atoms with van der Waals surface area (Å²) in [5.41, 5.74) is 0. The lowest BCUT2D eigenvalue weighted by Gasteiger charge is -2.00. The number of nitrogens with one attached hydrogen (secondary N) is 1. The molecule has 1 heterocycles. The third-order valence-corrected chi connectivity index (χ3v) is 3.30. The zero-order chi connectivity index (χ0) is 9.52. The fourth-order valence-electron chi connectivity index (χ4n) is 1.03. The van der Waals surface area contributed by atoms with E-state index in [1.54, 1.807) is 11.3 Å². The molecular weight excluding hydrogens is 222 g/mol. The van der Waals surface area contributed by atoms with Crippen molar-refractivity contribution in [1.29, 1.82) is 0 Å². The second kappa shape index (κ2) is 6.71. The SMILES string of the molecule is SCCCNCCc1ccc(Cl)s1. The maximum absolute atomic E-state index is 5.81. The summed E-state index contributed by atoms with van der Waals surface area (Å²) in [5.74, 6) is 0.956. The summed E-state index contributed by atoms with van der Waals surface area (Å²) in [6, 6.07) is 4.04. The van der Waals surface area contributed by atoms with Gasteiger partial charge in [0.2, 0.25) is 0 Å². The van der Waals surface area contributed by atoms with Crippen LogP contribution in [-0.2, 0) is 6.42 Å². The first-order chi connectivity index (χ1) is 6.33. The van der Waals surface area contributed by atoms with Crippen molar-refractivity contribution in [2.75, 3.05) is 18.8 Å². The Kier molecular flexibility index (Phi) is 5.87. The second-order valence-electron chi connectivity index (χ2n) is 2.78. The van der Waals surface area contributed by atoms with Gasteiger partial charge in [0.15, 0.2) is 0 Å². The van der Waals surface area contributed by atoms with Gasteiger partial charge in [0.1, 0.15) is 0 Å². The minimum absolute atomic E-state index is 0.880. The highest BCUT2D eigenvalue weighted by atomic mass is 35.5. The lowest BCUT2D eigenvalue weighted by atomic mass is 10.3. The van der Waals surface area contributed by atoms with Crippen molar-refractivity contribution in [2.24, 2.45) is 0 Å². The van der Waals surface area contributed by atoms with Crippen molar-refractivity contribution in [3.63, 3.8) is 0 Å². The molecule has 1 aromatic heterocycles. The minimum Gasteiger partial charge on any atom is -0.316 e. The van der Waals surface area contributed by atoms with Gasteiger partial charge in [-0.15, -0.1) is 11.3 Å². The Balaban J connectivity index is 2.06. The molecule has 0 bridgehead atoms. The smallest absolute Gasteiger partial charge is 0.0931 e. The first-order valence-corrected chi connectivity index (χ1v) is 6.21. The number of thiol groups is 1. The largest absolute Gasteiger partial charge is 0.316 e. The van der Waals surface area contributed by atoms with Gasteiger partial charge < -0.3 is 5.32 Å². The number of rotatable bonds is 6. The zero-order valence-electron chi connectivity index (χ0n) is 7.42. The van der Waals surface area contributed by atoms with E-state index in [4.69, 9.17) is 11.6 Å². The maximum atomic E-state index is 5.81. The topological polar surface area (TPSA) is 12.0 Å². The Bertz CT molecular complexity index is 237. The van der Waals surface area contributed by atoms with Crippen molar-refractivity contribution in [3.8, 4) is 0 Å². The van der Waals surface area contributed by atoms with Crippen LogP contribution < -0.4 is 5.32 Å². The van der Waals surface area contributed by atoms with Crippen LogP contribution in [0.1, 0.15) is 11.3 Å². The predicted octanol–water partition coefficient (Wildman–Crippen LogP) is 2.85. The van der Waals surface area contributed by atoms with Gasteiger partial charge in [-0.2, -0.15) is 12.6 Å². The molecule has 0 fully saturated rings. The molecule has 0 aliphatic heterocycles. The standard InChI is InChI=1S/C9H14ClNS2/c10-9-3-2-8(13-9)4-6-11-5-1-7-12/h2-3,11-12H,1,4-7H2. The molecule has 1 rings (SSSR count). The average Bonchev–Trinajstić information content (AvgIpc) is 2.51. The molecule has 0 aromatic carbocycles. The van der Waals surface area contributed by atoms with Gasteiger partial charge in [-0.25, -0.2) is 0 Å². The molecule has 0 amide bonds. The Morgan fingerprint density at radius 2 is 2.23 bits per heavy atom. The van der Waals surface area contributed by atoms with Crippen LogP contribution in [0, 0.1) is 0 Å². The summed E-state index contributed by atoms with van der Waals surface area (Å²) < 4.78 is 0.880. The molecule has 0 radical (unpaired) electrons. The molecule has 0 aliphatic rings. The van der Waals surface area contributed by atoms with E-state index in [1.807, 2.05) is 6.07 Å². The Morgan fingerprint density at radius 1 is 1.38 bits per heavy atom. The van der Waals surface area contributed by atoms with Gasteiger partial charge >= 0.3 is 0 Å². The third kappa shape index (κ3) is 4.91. The van der Waals surface area contributed by atoms with Crippen molar-refractivity contribution in [1.82, 2.24) is 5.32 Å². The first-order valence-electron chi connectivity index (χ1n) is 4.38. The molecule has 0 saturated heterocycles. The fraction of sp³-hybridized carbons (Fsp3) is 0.556. The van der Waals surface area contributed by atoms with Gasteiger partial charge in [-0.05, 0) is 43.8 Å². The maximum Gasteiger partial charge on any atom is 0.0931 e. The normalized spacial score (nSPS) is 10.6. The average molecular weight is 236 g/mol. The van der Waals surface area contributed by atoms with E-state index in [9.17, 15) is 0 Å². The zero-order valence-corrected chi connectivity index (χ0v) is 9.89. The van der Waals surface area contributed by atoms with Crippen molar-refractivity contribution in [2.45, 2.75) is 12.8 Å². The van der Waals surface area contributed by atoms with Crippen LogP contribution in [0.15, 0.2) is 12.1 Å². The highest BCUT2D eigenvalue weighted by molar-refractivity contribution is 7.80. The molecule has 4 heteroatoms. The molecule has 0 aliphatic carbocycles. The Labute approximate surface area is 93.9 Å². The van der Waals surface area contributed by atoms with Crippen LogP contribution in [0.25, 0.3) is 0 Å². The van der Waals surface area contributed by atoms with Crippen molar-refractivity contribution < 1.29 is 0 Å². The van der Waals surface area contributed by atoms with Crippen LogP contribution in [0.4, 0.5) is 0 Å². The van der Waals surface area contributed by atoms with Gasteiger partial charge in [0.25, 0.3) is 0 Å². The van der Waals surface area contributed by atoms with Gasteiger partial charge in [0, 0.05) is 4.88 Å². The molecule has 0 atom stereocenters. The quantitative estimate of drug-likeness (QED) is 0.571. The van der Waals surface area contributed by atoms with E-state index in [1.165, 1.54) is 4.88 Å². The van der Waals surface area contributed by atoms with Crippen LogP contribution in [0.2, 0.25) is 4.34 Å². The van der Waals surface area contributed by atoms with Gasteiger partial charge in [-0.3, -0.25) is 0 Å². The number of hydrogen-bond donors (Lipinski definition) is 2. The Hall–Kier alpha value is 0.300. The summed E-state index contributed by atoms with van der Waals surface area (Å²) >= 11 is 11.6. The summed E-state index contributed by atoms with van der Waals surface area (Å²) in [7, 11) is 0. The van der Waals surface area contributed by atoms with E-state index in [-0.39, 0.29) is 0 Å². The van der Waals surface area contributed by atoms with E-state index in [0.29, 0.717) is 0 Å². The van der Waals surface area contributed by atoms with Crippen molar-refractivity contribution in [3.05, 3.63) is 21.3 Å². The highest BCUT2D eigenvalue weighted by Gasteiger charge is 1.96.